The molecule has 114 valence electrons. The fraction of sp³-hybridized carbons (Fsp3) is 0.941. The first-order valence-electron chi connectivity index (χ1n) is 8.07. The summed E-state index contributed by atoms with van der Waals surface area (Å²) < 4.78 is 0. The zero-order valence-corrected chi connectivity index (χ0v) is 14.3. The van der Waals surface area contributed by atoms with Crippen LogP contribution in [0.4, 0.5) is 0 Å². The van der Waals surface area contributed by atoms with E-state index in [-0.39, 0.29) is 5.41 Å². The van der Waals surface area contributed by atoms with Crippen LogP contribution in [0.15, 0.2) is 0 Å². The van der Waals surface area contributed by atoms with E-state index < -0.39 is 0 Å². The summed E-state index contributed by atoms with van der Waals surface area (Å²) in [5, 5.41) is 0. The Bertz CT molecular complexity index is 248. The van der Waals surface area contributed by atoms with E-state index in [1.54, 1.807) is 0 Å². The molecule has 1 unspecified atom stereocenters. The first-order chi connectivity index (χ1) is 8.76. The summed E-state index contributed by atoms with van der Waals surface area (Å²) in [5.74, 6) is 0.341. The zero-order valence-electron chi connectivity index (χ0n) is 14.3. The van der Waals surface area contributed by atoms with E-state index >= 15 is 0 Å². The summed E-state index contributed by atoms with van der Waals surface area (Å²) in [7, 11) is 0. The Morgan fingerprint density at radius 2 is 1.53 bits per heavy atom. The lowest BCUT2D eigenvalue weighted by atomic mass is 9.90. The molecule has 1 amide bonds. The van der Waals surface area contributed by atoms with Crippen LogP contribution in [-0.2, 0) is 4.79 Å². The van der Waals surface area contributed by atoms with E-state index in [1.165, 1.54) is 0 Å². The van der Waals surface area contributed by atoms with Gasteiger partial charge in [0, 0.05) is 18.5 Å². The largest absolute Gasteiger partial charge is 0.337 e. The van der Waals surface area contributed by atoms with Gasteiger partial charge >= 0.3 is 0 Å². The predicted molar refractivity (Wildman–Crippen MR) is 84.3 cm³/mol. The highest BCUT2D eigenvalue weighted by atomic mass is 16.2. The van der Waals surface area contributed by atoms with Gasteiger partial charge in [-0.3, -0.25) is 4.79 Å². The van der Waals surface area contributed by atoms with Crippen molar-refractivity contribution in [3.8, 4) is 0 Å². The predicted octanol–water partition coefficient (Wildman–Crippen LogP) is 5.02. The van der Waals surface area contributed by atoms with Crippen LogP contribution in [0.25, 0.3) is 0 Å². The molecule has 0 heterocycles. The molecular weight excluding hydrogens is 234 g/mol. The van der Waals surface area contributed by atoms with E-state index in [9.17, 15) is 4.79 Å². The molecule has 0 N–H and O–H groups in total. The van der Waals surface area contributed by atoms with Crippen LogP contribution in [-0.4, -0.2) is 22.9 Å². The van der Waals surface area contributed by atoms with Gasteiger partial charge in [-0.2, -0.15) is 0 Å². The van der Waals surface area contributed by atoms with Gasteiger partial charge in [0.2, 0.25) is 5.91 Å². The molecule has 2 nitrogen and oxygen atoms in total. The van der Waals surface area contributed by atoms with Crippen molar-refractivity contribution in [3.63, 3.8) is 0 Å². The topological polar surface area (TPSA) is 20.3 Å². The maximum absolute atomic E-state index is 12.7. The highest BCUT2D eigenvalue weighted by molar-refractivity contribution is 5.77. The molecule has 0 aliphatic carbocycles. The molecule has 0 saturated carbocycles. The quantitative estimate of drug-likeness (QED) is 0.606. The summed E-state index contributed by atoms with van der Waals surface area (Å²) in [6.07, 6.45) is 6.27. The lowest BCUT2D eigenvalue weighted by Gasteiger charge is -2.38. The van der Waals surface area contributed by atoms with Crippen LogP contribution in [0.2, 0.25) is 0 Å². The van der Waals surface area contributed by atoms with Crippen molar-refractivity contribution in [1.29, 1.82) is 0 Å². The van der Waals surface area contributed by atoms with E-state index in [4.69, 9.17) is 0 Å². The van der Waals surface area contributed by atoms with Crippen LogP contribution in [0.3, 0.4) is 0 Å². The fourth-order valence-corrected chi connectivity index (χ4v) is 2.64. The lowest BCUT2D eigenvalue weighted by molar-refractivity contribution is -0.138. The van der Waals surface area contributed by atoms with Gasteiger partial charge in [-0.05, 0) is 31.6 Å². The average Bonchev–Trinajstić information content (AvgIpc) is 2.27. The Balaban J connectivity index is 5.00. The van der Waals surface area contributed by atoms with Crippen molar-refractivity contribution in [3.05, 3.63) is 0 Å². The Morgan fingerprint density at radius 1 is 1.05 bits per heavy atom. The minimum atomic E-state index is 0.0752. The van der Waals surface area contributed by atoms with Crippen molar-refractivity contribution in [2.24, 2.45) is 5.41 Å². The number of amides is 1. The summed E-state index contributed by atoms with van der Waals surface area (Å²) in [6.45, 7) is 15.2. The number of nitrogens with zero attached hydrogens (tertiary/aromatic N) is 1. The van der Waals surface area contributed by atoms with Gasteiger partial charge in [-0.15, -0.1) is 0 Å². The first-order valence-corrected chi connectivity index (χ1v) is 8.07. The molecule has 19 heavy (non-hydrogen) atoms. The smallest absolute Gasteiger partial charge is 0.223 e. The van der Waals surface area contributed by atoms with E-state index in [0.29, 0.717) is 24.4 Å². The first kappa shape index (κ1) is 18.5. The highest BCUT2D eigenvalue weighted by Gasteiger charge is 2.29. The third kappa shape index (κ3) is 6.98. The number of carbonyl (C=O) groups excluding carboxylic acids is 1. The maximum atomic E-state index is 12.7. The molecule has 0 aromatic heterocycles. The Labute approximate surface area is 120 Å². The standard InChI is InChI=1S/C17H35NO/c1-8-11-15(12-9-2)18(14(4)10-3)16(19)13-17(5,6)7/h14-15H,8-13H2,1-7H3. The number of rotatable bonds is 8. The van der Waals surface area contributed by atoms with Crippen molar-refractivity contribution in [2.45, 2.75) is 99.1 Å². The second kappa shape index (κ2) is 8.60. The van der Waals surface area contributed by atoms with Gasteiger partial charge in [-0.1, -0.05) is 54.4 Å². The summed E-state index contributed by atoms with van der Waals surface area (Å²) >= 11 is 0. The van der Waals surface area contributed by atoms with Gasteiger partial charge in [0.25, 0.3) is 0 Å². The molecule has 0 fully saturated rings. The molecule has 0 aromatic carbocycles. The second-order valence-electron chi connectivity index (χ2n) is 7.03. The summed E-state index contributed by atoms with van der Waals surface area (Å²) in [4.78, 5) is 14.9. The van der Waals surface area contributed by atoms with Crippen LogP contribution in [0.1, 0.15) is 87.0 Å². The Morgan fingerprint density at radius 3 is 1.84 bits per heavy atom. The van der Waals surface area contributed by atoms with Crippen molar-refractivity contribution in [1.82, 2.24) is 4.90 Å². The molecule has 0 bridgehead atoms. The molecule has 0 spiro atoms. The van der Waals surface area contributed by atoms with E-state index in [2.05, 4.69) is 53.4 Å². The number of carbonyl (C=O) groups is 1. The molecule has 0 radical (unpaired) electrons. The maximum Gasteiger partial charge on any atom is 0.223 e. The van der Waals surface area contributed by atoms with Gasteiger partial charge < -0.3 is 4.90 Å². The minimum Gasteiger partial charge on any atom is -0.337 e. The van der Waals surface area contributed by atoms with Gasteiger partial charge in [0.1, 0.15) is 0 Å². The highest BCUT2D eigenvalue weighted by Crippen LogP contribution is 2.25. The number of hydrogen-bond acceptors (Lipinski definition) is 1. The zero-order chi connectivity index (χ0) is 15.1. The van der Waals surface area contributed by atoms with Gasteiger partial charge in [0.15, 0.2) is 0 Å². The SMILES string of the molecule is CCCC(CCC)N(C(=O)CC(C)(C)C)C(C)CC. The summed E-state index contributed by atoms with van der Waals surface area (Å²) in [6, 6.07) is 0.790. The monoisotopic (exact) mass is 269 g/mol. The van der Waals surface area contributed by atoms with Crippen LogP contribution >= 0.6 is 0 Å². The van der Waals surface area contributed by atoms with Crippen molar-refractivity contribution in [2.75, 3.05) is 0 Å². The van der Waals surface area contributed by atoms with Gasteiger partial charge in [-0.25, -0.2) is 0 Å². The molecule has 0 aliphatic heterocycles. The average molecular weight is 269 g/mol. The molecule has 1 atom stereocenters. The molecule has 0 aromatic rings. The molecule has 0 rings (SSSR count). The van der Waals surface area contributed by atoms with E-state index in [1.807, 2.05) is 0 Å². The number of hydrogen-bond donors (Lipinski definition) is 0. The molecule has 2 heteroatoms. The normalized spacial score (nSPS) is 13.7. The lowest BCUT2D eigenvalue weighted by Crippen LogP contribution is -2.46. The van der Waals surface area contributed by atoms with Crippen LogP contribution in [0, 0.1) is 5.41 Å². The van der Waals surface area contributed by atoms with Crippen molar-refractivity contribution < 1.29 is 4.79 Å². The molecule has 0 saturated heterocycles. The van der Waals surface area contributed by atoms with Crippen LogP contribution in [0.5, 0.6) is 0 Å². The second-order valence-corrected chi connectivity index (χ2v) is 7.03. The van der Waals surface area contributed by atoms with Crippen LogP contribution < -0.4 is 0 Å². The third-order valence-electron chi connectivity index (χ3n) is 3.67. The third-order valence-corrected chi connectivity index (χ3v) is 3.67. The minimum absolute atomic E-state index is 0.0752. The Kier molecular flexibility index (Phi) is 8.36. The molecule has 0 aliphatic rings. The van der Waals surface area contributed by atoms with Crippen molar-refractivity contribution >= 4 is 5.91 Å². The van der Waals surface area contributed by atoms with E-state index in [0.717, 1.165) is 32.1 Å². The molecular formula is C17H35NO. The van der Waals surface area contributed by atoms with Gasteiger partial charge in [0.05, 0.1) is 0 Å². The Hall–Kier alpha value is -0.530. The fourth-order valence-electron chi connectivity index (χ4n) is 2.64. The summed E-state index contributed by atoms with van der Waals surface area (Å²) in [5.41, 5.74) is 0.0752.